The molecule has 4 heteroatoms. The minimum atomic E-state index is 0.196. The van der Waals surface area contributed by atoms with Crippen molar-refractivity contribution in [1.29, 1.82) is 0 Å². The molecule has 3 nitrogen and oxygen atoms in total. The fraction of sp³-hybridized carbons (Fsp3) is 0.294. The monoisotopic (exact) mass is 349 g/mol. The van der Waals surface area contributed by atoms with E-state index in [0.29, 0.717) is 0 Å². The number of halogens is 1. The average molecular weight is 350 g/mol. The number of methoxy groups -OCH3 is 2. The largest absolute Gasteiger partial charge is 0.493 e. The summed E-state index contributed by atoms with van der Waals surface area (Å²) in [6, 6.07) is 14.6. The van der Waals surface area contributed by atoms with E-state index in [9.17, 15) is 0 Å². The third-order valence-corrected chi connectivity index (χ3v) is 4.20. The number of likely N-dealkylation sites (N-methyl/N-ethyl adjacent to an activating group) is 1. The predicted molar refractivity (Wildman–Crippen MR) is 89.2 cm³/mol. The third kappa shape index (κ3) is 3.77. The van der Waals surface area contributed by atoms with Crippen molar-refractivity contribution in [2.45, 2.75) is 12.5 Å². The molecule has 2 aromatic carbocycles. The van der Waals surface area contributed by atoms with Gasteiger partial charge in [0.2, 0.25) is 0 Å². The maximum absolute atomic E-state index is 5.40. The van der Waals surface area contributed by atoms with Crippen LogP contribution in [0.25, 0.3) is 0 Å². The van der Waals surface area contributed by atoms with Crippen LogP contribution in [0.2, 0.25) is 0 Å². The lowest BCUT2D eigenvalue weighted by molar-refractivity contribution is 0.353. The number of hydrogen-bond donors (Lipinski definition) is 1. The fourth-order valence-electron chi connectivity index (χ4n) is 2.35. The molecule has 21 heavy (non-hydrogen) atoms. The average Bonchev–Trinajstić information content (AvgIpc) is 2.53. The molecule has 0 saturated heterocycles. The smallest absolute Gasteiger partial charge is 0.161 e. The molecule has 1 N–H and O–H groups in total. The molecule has 0 bridgehead atoms. The van der Waals surface area contributed by atoms with Gasteiger partial charge >= 0.3 is 0 Å². The Labute approximate surface area is 134 Å². The molecule has 0 aliphatic carbocycles. The van der Waals surface area contributed by atoms with Crippen LogP contribution in [-0.2, 0) is 6.42 Å². The summed E-state index contributed by atoms with van der Waals surface area (Å²) in [5, 5.41) is 3.37. The van der Waals surface area contributed by atoms with Gasteiger partial charge in [0, 0.05) is 10.5 Å². The van der Waals surface area contributed by atoms with Crippen LogP contribution in [0.5, 0.6) is 11.5 Å². The van der Waals surface area contributed by atoms with Gasteiger partial charge in [0.1, 0.15) is 0 Å². The first-order valence-electron chi connectivity index (χ1n) is 6.82. The molecular formula is C17H20BrNO2. The quantitative estimate of drug-likeness (QED) is 0.855. The number of nitrogens with one attached hydrogen (secondary N) is 1. The van der Waals surface area contributed by atoms with Crippen molar-refractivity contribution in [3.63, 3.8) is 0 Å². The number of hydrogen-bond acceptors (Lipinski definition) is 3. The summed E-state index contributed by atoms with van der Waals surface area (Å²) in [6.07, 6.45) is 0.908. The van der Waals surface area contributed by atoms with Gasteiger partial charge in [0.25, 0.3) is 0 Å². The van der Waals surface area contributed by atoms with E-state index in [1.54, 1.807) is 14.2 Å². The molecule has 0 heterocycles. The zero-order valence-corrected chi connectivity index (χ0v) is 14.1. The second-order valence-corrected chi connectivity index (χ2v) is 5.61. The topological polar surface area (TPSA) is 30.5 Å². The van der Waals surface area contributed by atoms with Crippen LogP contribution in [0.3, 0.4) is 0 Å². The Hall–Kier alpha value is -1.52. The van der Waals surface area contributed by atoms with Gasteiger partial charge in [-0.25, -0.2) is 0 Å². The van der Waals surface area contributed by atoms with Crippen LogP contribution < -0.4 is 14.8 Å². The summed E-state index contributed by atoms with van der Waals surface area (Å²) < 4.78 is 11.7. The van der Waals surface area contributed by atoms with Crippen LogP contribution in [0.4, 0.5) is 0 Å². The molecule has 112 valence electrons. The van der Waals surface area contributed by atoms with Crippen molar-refractivity contribution in [3.8, 4) is 11.5 Å². The third-order valence-electron chi connectivity index (χ3n) is 3.51. The minimum Gasteiger partial charge on any atom is -0.493 e. The number of rotatable bonds is 6. The van der Waals surface area contributed by atoms with Crippen LogP contribution in [-0.4, -0.2) is 21.3 Å². The molecule has 0 spiro atoms. The summed E-state index contributed by atoms with van der Waals surface area (Å²) in [5.41, 5.74) is 2.44. The second-order valence-electron chi connectivity index (χ2n) is 4.76. The Kier molecular flexibility index (Phi) is 5.65. The van der Waals surface area contributed by atoms with Crippen LogP contribution in [0, 0.1) is 0 Å². The van der Waals surface area contributed by atoms with Crippen molar-refractivity contribution in [1.82, 2.24) is 5.32 Å². The van der Waals surface area contributed by atoms with E-state index in [2.05, 4.69) is 45.5 Å². The molecular weight excluding hydrogens is 330 g/mol. The van der Waals surface area contributed by atoms with Crippen molar-refractivity contribution in [2.24, 2.45) is 0 Å². The van der Waals surface area contributed by atoms with E-state index in [4.69, 9.17) is 9.47 Å². The Morgan fingerprint density at radius 2 is 1.67 bits per heavy atom. The van der Waals surface area contributed by atoms with Crippen LogP contribution in [0.1, 0.15) is 17.2 Å². The Bertz CT molecular complexity index is 587. The van der Waals surface area contributed by atoms with Gasteiger partial charge in [-0.3, -0.25) is 0 Å². The first-order chi connectivity index (χ1) is 10.2. The maximum atomic E-state index is 5.40. The van der Waals surface area contributed by atoms with E-state index in [1.165, 1.54) is 5.56 Å². The number of benzene rings is 2. The van der Waals surface area contributed by atoms with Gasteiger partial charge in [-0.1, -0.05) is 46.3 Å². The molecule has 0 saturated carbocycles. The molecule has 0 aliphatic heterocycles. The highest BCUT2D eigenvalue weighted by molar-refractivity contribution is 9.10. The molecule has 1 atom stereocenters. The van der Waals surface area contributed by atoms with Crippen molar-refractivity contribution < 1.29 is 9.47 Å². The highest BCUT2D eigenvalue weighted by Crippen LogP contribution is 2.36. The minimum absolute atomic E-state index is 0.196. The molecule has 0 aliphatic rings. The van der Waals surface area contributed by atoms with E-state index in [1.807, 2.05) is 25.2 Å². The van der Waals surface area contributed by atoms with Crippen LogP contribution in [0.15, 0.2) is 46.9 Å². The fourth-order valence-corrected chi connectivity index (χ4v) is 2.95. The van der Waals surface area contributed by atoms with E-state index in [-0.39, 0.29) is 6.04 Å². The van der Waals surface area contributed by atoms with Gasteiger partial charge in [0.05, 0.1) is 14.2 Å². The number of ether oxygens (including phenoxy) is 2. The van der Waals surface area contributed by atoms with Gasteiger partial charge in [0.15, 0.2) is 11.5 Å². The molecule has 2 rings (SSSR count). The Morgan fingerprint density at radius 1 is 1.05 bits per heavy atom. The molecule has 0 fully saturated rings. The summed E-state index contributed by atoms with van der Waals surface area (Å²) in [7, 11) is 5.27. The van der Waals surface area contributed by atoms with Gasteiger partial charge < -0.3 is 14.8 Å². The summed E-state index contributed by atoms with van der Waals surface area (Å²) >= 11 is 3.63. The molecule has 0 radical (unpaired) electrons. The van der Waals surface area contributed by atoms with E-state index >= 15 is 0 Å². The molecule has 0 aromatic heterocycles. The standard InChI is InChI=1S/C17H20BrNO2/c1-19-15(9-12-7-5-4-6-8-12)13-10-16(20-2)17(21-3)11-14(13)18/h4-8,10-11,15,19H,9H2,1-3H3. The van der Waals surface area contributed by atoms with Gasteiger partial charge in [-0.15, -0.1) is 0 Å². The molecule has 1 unspecified atom stereocenters. The van der Waals surface area contributed by atoms with Gasteiger partial charge in [-0.05, 0) is 36.7 Å². The lowest BCUT2D eigenvalue weighted by Crippen LogP contribution is -2.19. The first kappa shape index (κ1) is 15.9. The Balaban J connectivity index is 2.33. The second kappa shape index (κ2) is 7.48. The van der Waals surface area contributed by atoms with E-state index < -0.39 is 0 Å². The normalized spacial score (nSPS) is 12.0. The molecule has 2 aromatic rings. The zero-order chi connectivity index (χ0) is 15.2. The summed E-state index contributed by atoms with van der Waals surface area (Å²) in [5.74, 6) is 1.46. The summed E-state index contributed by atoms with van der Waals surface area (Å²) in [6.45, 7) is 0. The van der Waals surface area contributed by atoms with Crippen molar-refractivity contribution in [3.05, 3.63) is 58.1 Å². The van der Waals surface area contributed by atoms with Crippen LogP contribution >= 0.6 is 15.9 Å². The maximum Gasteiger partial charge on any atom is 0.161 e. The SMILES string of the molecule is CNC(Cc1ccccc1)c1cc(OC)c(OC)cc1Br. The highest BCUT2D eigenvalue weighted by Gasteiger charge is 2.17. The lowest BCUT2D eigenvalue weighted by Gasteiger charge is -2.20. The van der Waals surface area contributed by atoms with Crippen molar-refractivity contribution >= 4 is 15.9 Å². The first-order valence-corrected chi connectivity index (χ1v) is 7.61. The molecule has 0 amide bonds. The Morgan fingerprint density at radius 3 is 2.24 bits per heavy atom. The van der Waals surface area contributed by atoms with Gasteiger partial charge in [-0.2, -0.15) is 0 Å². The summed E-state index contributed by atoms with van der Waals surface area (Å²) in [4.78, 5) is 0. The lowest BCUT2D eigenvalue weighted by atomic mass is 9.98. The highest BCUT2D eigenvalue weighted by atomic mass is 79.9. The van der Waals surface area contributed by atoms with E-state index in [0.717, 1.165) is 28.0 Å². The zero-order valence-electron chi connectivity index (χ0n) is 12.5. The van der Waals surface area contributed by atoms with Crippen molar-refractivity contribution in [2.75, 3.05) is 21.3 Å². The predicted octanol–water partition coefficient (Wildman–Crippen LogP) is 3.97.